The number of nitrogens with zero attached hydrogens (tertiary/aromatic N) is 3. The van der Waals surface area contributed by atoms with E-state index in [-0.39, 0.29) is 6.10 Å². The Bertz CT molecular complexity index is 864. The maximum Gasteiger partial charge on any atom is 0.136 e. The summed E-state index contributed by atoms with van der Waals surface area (Å²) in [5.41, 5.74) is 3.21. The largest absolute Gasteiger partial charge is 0.371 e. The lowest BCUT2D eigenvalue weighted by atomic mass is 10.1. The third-order valence-corrected chi connectivity index (χ3v) is 4.89. The van der Waals surface area contributed by atoms with Crippen molar-refractivity contribution in [2.24, 2.45) is 0 Å². The highest BCUT2D eigenvalue weighted by Crippen LogP contribution is 2.31. The van der Waals surface area contributed by atoms with Crippen molar-refractivity contribution in [2.45, 2.75) is 12.6 Å². The number of halogens is 2. The first-order valence-electron chi connectivity index (χ1n) is 7.89. The van der Waals surface area contributed by atoms with Gasteiger partial charge >= 0.3 is 0 Å². The first-order valence-corrected chi connectivity index (χ1v) is 8.65. The van der Waals surface area contributed by atoms with Crippen LogP contribution in [0.4, 0.5) is 0 Å². The van der Waals surface area contributed by atoms with Crippen LogP contribution in [0.1, 0.15) is 17.2 Å². The molecular weight excluding hydrogens is 345 g/mol. The molecule has 0 saturated carbocycles. The summed E-state index contributed by atoms with van der Waals surface area (Å²) >= 11 is 12.3. The summed E-state index contributed by atoms with van der Waals surface area (Å²) in [5.74, 6) is 0. The Kier molecular flexibility index (Phi) is 4.46. The molecule has 1 unspecified atom stereocenters. The van der Waals surface area contributed by atoms with Crippen LogP contribution in [-0.2, 0) is 11.3 Å². The molecule has 6 heteroatoms. The van der Waals surface area contributed by atoms with Crippen molar-refractivity contribution >= 4 is 28.8 Å². The first kappa shape index (κ1) is 15.9. The van der Waals surface area contributed by atoms with Gasteiger partial charge in [-0.15, -0.1) is 0 Å². The highest BCUT2D eigenvalue weighted by molar-refractivity contribution is 6.35. The van der Waals surface area contributed by atoms with Crippen molar-refractivity contribution in [1.29, 1.82) is 0 Å². The van der Waals surface area contributed by atoms with Crippen LogP contribution in [0.5, 0.6) is 0 Å². The lowest BCUT2D eigenvalue weighted by Crippen LogP contribution is -2.37. The highest BCUT2D eigenvalue weighted by Gasteiger charge is 2.24. The second kappa shape index (κ2) is 6.73. The minimum Gasteiger partial charge on any atom is -0.371 e. The number of morpholine rings is 1. The van der Waals surface area contributed by atoms with Gasteiger partial charge in [-0.1, -0.05) is 29.3 Å². The van der Waals surface area contributed by atoms with Gasteiger partial charge in [0, 0.05) is 53.8 Å². The zero-order chi connectivity index (χ0) is 16.5. The Hall–Kier alpha value is -1.59. The highest BCUT2D eigenvalue weighted by atomic mass is 35.5. The van der Waals surface area contributed by atoms with E-state index >= 15 is 0 Å². The van der Waals surface area contributed by atoms with Gasteiger partial charge in [-0.25, -0.2) is 4.98 Å². The number of ether oxygens (including phenoxy) is 1. The average Bonchev–Trinajstić information content (AvgIpc) is 3.03. The Morgan fingerprint density at radius 2 is 2.08 bits per heavy atom. The molecule has 1 aliphatic rings. The third-order valence-electron chi connectivity index (χ3n) is 4.33. The lowest BCUT2D eigenvalue weighted by molar-refractivity contribution is -0.0328. The topological polar surface area (TPSA) is 29.8 Å². The molecule has 0 radical (unpaired) electrons. The van der Waals surface area contributed by atoms with E-state index < -0.39 is 0 Å². The number of benzene rings is 1. The van der Waals surface area contributed by atoms with Gasteiger partial charge in [0.2, 0.25) is 0 Å². The van der Waals surface area contributed by atoms with Gasteiger partial charge in [-0.2, -0.15) is 0 Å². The summed E-state index contributed by atoms with van der Waals surface area (Å²) in [5, 5.41) is 1.30. The number of hydrogen-bond donors (Lipinski definition) is 0. The standard InChI is InChI=1S/C18H17Cl2N3O/c19-14-1-2-15(16(20)10-14)17-12-22(7-8-24-17)11-13-3-5-23-6-4-21-18(23)9-13/h1-6,9-10,17H,7-8,11-12H2. The molecule has 0 bridgehead atoms. The summed E-state index contributed by atoms with van der Waals surface area (Å²) in [4.78, 5) is 6.73. The van der Waals surface area contributed by atoms with Crippen molar-refractivity contribution in [3.05, 3.63) is 70.1 Å². The average molecular weight is 362 g/mol. The minimum atomic E-state index is -0.0290. The SMILES string of the molecule is Clc1ccc(C2CN(Cc3ccn4ccnc4c3)CCO2)c(Cl)c1. The number of imidazole rings is 1. The summed E-state index contributed by atoms with van der Waals surface area (Å²) in [6, 6.07) is 9.84. The number of pyridine rings is 1. The lowest BCUT2D eigenvalue weighted by Gasteiger charge is -2.33. The van der Waals surface area contributed by atoms with Crippen LogP contribution in [0.25, 0.3) is 5.65 Å². The predicted molar refractivity (Wildman–Crippen MR) is 95.6 cm³/mol. The van der Waals surface area contributed by atoms with Crippen molar-refractivity contribution in [1.82, 2.24) is 14.3 Å². The van der Waals surface area contributed by atoms with Crippen molar-refractivity contribution < 1.29 is 4.74 Å². The summed E-state index contributed by atoms with van der Waals surface area (Å²) in [6.07, 6.45) is 5.78. The van der Waals surface area contributed by atoms with Gasteiger partial charge in [0.15, 0.2) is 0 Å². The molecule has 24 heavy (non-hydrogen) atoms. The van der Waals surface area contributed by atoms with Crippen molar-refractivity contribution in [2.75, 3.05) is 19.7 Å². The molecule has 4 rings (SSSR count). The van der Waals surface area contributed by atoms with Gasteiger partial charge in [-0.05, 0) is 29.8 Å². The van der Waals surface area contributed by atoms with Gasteiger partial charge in [0.05, 0.1) is 12.7 Å². The van der Waals surface area contributed by atoms with Crippen LogP contribution in [0.2, 0.25) is 10.0 Å². The molecule has 1 saturated heterocycles. The second-order valence-electron chi connectivity index (χ2n) is 5.99. The van der Waals surface area contributed by atoms with Crippen LogP contribution in [-0.4, -0.2) is 34.0 Å². The van der Waals surface area contributed by atoms with E-state index in [1.807, 2.05) is 35.1 Å². The van der Waals surface area contributed by atoms with Crippen LogP contribution >= 0.6 is 23.2 Å². The Labute approximate surface area is 150 Å². The monoisotopic (exact) mass is 361 g/mol. The summed E-state index contributed by atoms with van der Waals surface area (Å²) in [6.45, 7) is 3.27. The zero-order valence-electron chi connectivity index (χ0n) is 13.0. The van der Waals surface area contributed by atoms with E-state index in [0.29, 0.717) is 16.7 Å². The van der Waals surface area contributed by atoms with Crippen molar-refractivity contribution in [3.8, 4) is 0 Å². The van der Waals surface area contributed by atoms with Gasteiger partial charge in [0.25, 0.3) is 0 Å². The molecule has 1 atom stereocenters. The Balaban J connectivity index is 1.50. The Morgan fingerprint density at radius 3 is 2.96 bits per heavy atom. The minimum absolute atomic E-state index is 0.0290. The van der Waals surface area contributed by atoms with E-state index in [4.69, 9.17) is 27.9 Å². The predicted octanol–water partition coefficient (Wildman–Crippen LogP) is 4.21. The van der Waals surface area contributed by atoms with E-state index in [0.717, 1.165) is 30.8 Å². The van der Waals surface area contributed by atoms with E-state index in [2.05, 4.69) is 22.0 Å². The molecular formula is C18H17Cl2N3O. The smallest absolute Gasteiger partial charge is 0.136 e. The molecule has 0 spiro atoms. The molecule has 1 fully saturated rings. The fourth-order valence-electron chi connectivity index (χ4n) is 3.11. The third kappa shape index (κ3) is 3.28. The van der Waals surface area contributed by atoms with Gasteiger partial charge in [0.1, 0.15) is 5.65 Å². The van der Waals surface area contributed by atoms with E-state index in [1.54, 1.807) is 6.07 Å². The van der Waals surface area contributed by atoms with Crippen LogP contribution in [0.15, 0.2) is 48.9 Å². The van der Waals surface area contributed by atoms with Gasteiger partial charge in [-0.3, -0.25) is 4.90 Å². The number of hydrogen-bond acceptors (Lipinski definition) is 3. The van der Waals surface area contributed by atoms with E-state index in [9.17, 15) is 0 Å². The molecule has 0 aliphatic carbocycles. The van der Waals surface area contributed by atoms with Crippen molar-refractivity contribution in [3.63, 3.8) is 0 Å². The van der Waals surface area contributed by atoms with Crippen LogP contribution in [0.3, 0.4) is 0 Å². The quantitative estimate of drug-likeness (QED) is 0.699. The fourth-order valence-corrected chi connectivity index (χ4v) is 3.64. The maximum atomic E-state index is 6.33. The van der Waals surface area contributed by atoms with Gasteiger partial charge < -0.3 is 9.14 Å². The van der Waals surface area contributed by atoms with Crippen LogP contribution < -0.4 is 0 Å². The zero-order valence-corrected chi connectivity index (χ0v) is 14.5. The second-order valence-corrected chi connectivity index (χ2v) is 6.83. The van der Waals surface area contributed by atoms with Crippen LogP contribution in [0, 0.1) is 0 Å². The molecule has 0 amide bonds. The maximum absolute atomic E-state index is 6.33. The summed E-state index contributed by atoms with van der Waals surface area (Å²) in [7, 11) is 0. The Morgan fingerprint density at radius 1 is 1.17 bits per heavy atom. The molecule has 124 valence electrons. The molecule has 3 aromatic rings. The normalized spacial score (nSPS) is 19.0. The molecule has 2 aromatic heterocycles. The number of aromatic nitrogens is 2. The molecule has 1 aliphatic heterocycles. The molecule has 4 nitrogen and oxygen atoms in total. The molecule has 1 aromatic carbocycles. The molecule has 0 N–H and O–H groups in total. The fraction of sp³-hybridized carbons (Fsp3) is 0.278. The number of fused-ring (bicyclic) bond motifs is 1. The first-order chi connectivity index (χ1) is 11.7. The van der Waals surface area contributed by atoms with E-state index in [1.165, 1.54) is 5.56 Å². The number of rotatable bonds is 3. The molecule has 3 heterocycles. The summed E-state index contributed by atoms with van der Waals surface area (Å²) < 4.78 is 7.94.